The summed E-state index contributed by atoms with van der Waals surface area (Å²) in [4.78, 5) is 21.8. The highest BCUT2D eigenvalue weighted by Gasteiger charge is 2.21. The number of rotatable bonds is 2. The first-order valence-electron chi connectivity index (χ1n) is 4.31. The van der Waals surface area contributed by atoms with E-state index in [1.165, 1.54) is 7.11 Å². The van der Waals surface area contributed by atoms with Crippen LogP contribution >= 0.6 is 0 Å². The number of hydrogen-bond donors (Lipinski definition) is 0. The van der Waals surface area contributed by atoms with Gasteiger partial charge in [0.05, 0.1) is 7.11 Å². The molecule has 1 saturated carbocycles. The first-order valence-corrected chi connectivity index (χ1v) is 4.31. The molecule has 1 aliphatic rings. The Hall–Kier alpha value is -0.860. The SMILES string of the molecule is COC(=O)CC1CCCC(=O)C1. The van der Waals surface area contributed by atoms with Gasteiger partial charge in [0.25, 0.3) is 0 Å². The number of Topliss-reactive ketones (excluding diaryl/α,β-unsaturated/α-hetero) is 1. The van der Waals surface area contributed by atoms with Crippen LogP contribution in [0.25, 0.3) is 0 Å². The summed E-state index contributed by atoms with van der Waals surface area (Å²) in [6.45, 7) is 0. The first kappa shape index (κ1) is 9.23. The third kappa shape index (κ3) is 2.64. The maximum absolute atomic E-state index is 11.0. The molecule has 3 heteroatoms. The van der Waals surface area contributed by atoms with E-state index < -0.39 is 0 Å². The summed E-state index contributed by atoms with van der Waals surface area (Å²) in [5.41, 5.74) is 0. The normalized spacial score (nSPS) is 23.8. The molecule has 0 N–H and O–H groups in total. The number of methoxy groups -OCH3 is 1. The van der Waals surface area contributed by atoms with E-state index in [4.69, 9.17) is 0 Å². The minimum absolute atomic E-state index is 0.199. The van der Waals surface area contributed by atoms with Crippen LogP contribution in [0.5, 0.6) is 0 Å². The summed E-state index contributed by atoms with van der Waals surface area (Å²) in [5.74, 6) is 0.323. The highest BCUT2D eigenvalue weighted by Crippen LogP contribution is 2.24. The Bertz CT molecular complexity index is 186. The molecule has 0 amide bonds. The molecular weight excluding hydrogens is 156 g/mol. The molecule has 0 bridgehead atoms. The molecule has 12 heavy (non-hydrogen) atoms. The van der Waals surface area contributed by atoms with E-state index in [-0.39, 0.29) is 17.7 Å². The molecule has 0 saturated heterocycles. The molecule has 68 valence electrons. The number of ether oxygens (including phenoxy) is 1. The molecular formula is C9H14O3. The van der Waals surface area contributed by atoms with Crippen LogP contribution in [-0.2, 0) is 14.3 Å². The number of carbonyl (C=O) groups excluding carboxylic acids is 2. The van der Waals surface area contributed by atoms with Crippen molar-refractivity contribution in [3.05, 3.63) is 0 Å². The molecule has 0 aromatic heterocycles. The largest absolute Gasteiger partial charge is 0.469 e. The maximum Gasteiger partial charge on any atom is 0.305 e. The average molecular weight is 170 g/mol. The van der Waals surface area contributed by atoms with Crippen molar-refractivity contribution in [1.82, 2.24) is 0 Å². The molecule has 1 rings (SSSR count). The van der Waals surface area contributed by atoms with Gasteiger partial charge in [-0.1, -0.05) is 0 Å². The minimum Gasteiger partial charge on any atom is -0.469 e. The van der Waals surface area contributed by atoms with Crippen LogP contribution in [0.4, 0.5) is 0 Å². The lowest BCUT2D eigenvalue weighted by atomic mass is 9.86. The maximum atomic E-state index is 11.0. The van der Waals surface area contributed by atoms with Crippen molar-refractivity contribution < 1.29 is 14.3 Å². The van der Waals surface area contributed by atoms with Crippen molar-refractivity contribution in [2.75, 3.05) is 7.11 Å². The standard InChI is InChI=1S/C9H14O3/c1-12-9(11)6-7-3-2-4-8(10)5-7/h7H,2-6H2,1H3. The number of esters is 1. The van der Waals surface area contributed by atoms with E-state index in [1.54, 1.807) is 0 Å². The lowest BCUT2D eigenvalue weighted by Crippen LogP contribution is -2.18. The smallest absolute Gasteiger partial charge is 0.305 e. The molecule has 0 aromatic rings. The zero-order valence-electron chi connectivity index (χ0n) is 7.34. The molecule has 0 radical (unpaired) electrons. The van der Waals surface area contributed by atoms with E-state index in [9.17, 15) is 9.59 Å². The minimum atomic E-state index is -0.199. The molecule has 1 aliphatic carbocycles. The fourth-order valence-corrected chi connectivity index (χ4v) is 1.61. The van der Waals surface area contributed by atoms with Gasteiger partial charge in [-0.15, -0.1) is 0 Å². The molecule has 3 nitrogen and oxygen atoms in total. The Morgan fingerprint density at radius 2 is 2.42 bits per heavy atom. The van der Waals surface area contributed by atoms with Crippen LogP contribution in [0, 0.1) is 5.92 Å². The molecule has 0 heterocycles. The fourth-order valence-electron chi connectivity index (χ4n) is 1.61. The van der Waals surface area contributed by atoms with E-state index in [1.807, 2.05) is 0 Å². The topological polar surface area (TPSA) is 43.4 Å². The van der Waals surface area contributed by atoms with Crippen molar-refractivity contribution in [2.45, 2.75) is 32.1 Å². The Morgan fingerprint density at radius 1 is 1.67 bits per heavy atom. The Kier molecular flexibility index (Phi) is 3.26. The Morgan fingerprint density at radius 3 is 3.00 bits per heavy atom. The summed E-state index contributed by atoms with van der Waals surface area (Å²) in [6, 6.07) is 0. The van der Waals surface area contributed by atoms with Crippen molar-refractivity contribution in [2.24, 2.45) is 5.92 Å². The molecule has 1 atom stereocenters. The van der Waals surface area contributed by atoms with E-state index in [2.05, 4.69) is 4.74 Å². The van der Waals surface area contributed by atoms with E-state index in [0.717, 1.165) is 12.8 Å². The van der Waals surface area contributed by atoms with Gasteiger partial charge in [-0.2, -0.15) is 0 Å². The molecule has 0 aromatic carbocycles. The van der Waals surface area contributed by atoms with E-state index >= 15 is 0 Å². The second-order valence-corrected chi connectivity index (χ2v) is 3.28. The quantitative estimate of drug-likeness (QED) is 0.587. The van der Waals surface area contributed by atoms with Crippen LogP contribution in [0.15, 0.2) is 0 Å². The number of carbonyl (C=O) groups is 2. The molecule has 0 aliphatic heterocycles. The number of hydrogen-bond acceptors (Lipinski definition) is 3. The Labute approximate surface area is 72.1 Å². The zero-order valence-corrected chi connectivity index (χ0v) is 7.34. The predicted molar refractivity (Wildman–Crippen MR) is 43.6 cm³/mol. The van der Waals surface area contributed by atoms with E-state index in [0.29, 0.717) is 19.3 Å². The average Bonchev–Trinajstić information content (AvgIpc) is 2.04. The van der Waals surface area contributed by atoms with Crippen LogP contribution in [0.2, 0.25) is 0 Å². The molecule has 0 spiro atoms. The van der Waals surface area contributed by atoms with Crippen LogP contribution in [-0.4, -0.2) is 18.9 Å². The van der Waals surface area contributed by atoms with Crippen LogP contribution < -0.4 is 0 Å². The van der Waals surface area contributed by atoms with Crippen molar-refractivity contribution in [3.63, 3.8) is 0 Å². The van der Waals surface area contributed by atoms with Gasteiger partial charge in [-0.25, -0.2) is 0 Å². The van der Waals surface area contributed by atoms with Crippen LogP contribution in [0.1, 0.15) is 32.1 Å². The summed E-state index contributed by atoms with van der Waals surface area (Å²) in [5, 5.41) is 0. The fraction of sp³-hybridized carbons (Fsp3) is 0.778. The van der Waals surface area contributed by atoms with Gasteiger partial charge in [-0.3, -0.25) is 9.59 Å². The second kappa shape index (κ2) is 4.24. The van der Waals surface area contributed by atoms with Gasteiger partial charge in [0.15, 0.2) is 0 Å². The first-order chi connectivity index (χ1) is 5.72. The van der Waals surface area contributed by atoms with Crippen molar-refractivity contribution in [1.29, 1.82) is 0 Å². The summed E-state index contributed by atoms with van der Waals surface area (Å²) in [7, 11) is 1.38. The van der Waals surface area contributed by atoms with Gasteiger partial charge in [-0.05, 0) is 18.8 Å². The van der Waals surface area contributed by atoms with Gasteiger partial charge >= 0.3 is 5.97 Å². The number of ketones is 1. The highest BCUT2D eigenvalue weighted by atomic mass is 16.5. The van der Waals surface area contributed by atoms with Crippen LogP contribution in [0.3, 0.4) is 0 Å². The Balaban J connectivity index is 2.32. The second-order valence-electron chi connectivity index (χ2n) is 3.28. The van der Waals surface area contributed by atoms with Gasteiger partial charge < -0.3 is 4.74 Å². The lowest BCUT2D eigenvalue weighted by Gasteiger charge is -2.18. The molecule has 1 unspecified atom stereocenters. The predicted octanol–water partition coefficient (Wildman–Crippen LogP) is 1.31. The summed E-state index contributed by atoms with van der Waals surface area (Å²) >= 11 is 0. The summed E-state index contributed by atoms with van der Waals surface area (Å²) < 4.78 is 4.54. The highest BCUT2D eigenvalue weighted by molar-refractivity contribution is 5.80. The third-order valence-electron chi connectivity index (χ3n) is 2.27. The van der Waals surface area contributed by atoms with Gasteiger partial charge in [0, 0.05) is 19.3 Å². The molecule has 1 fully saturated rings. The van der Waals surface area contributed by atoms with Gasteiger partial charge in [0.2, 0.25) is 0 Å². The van der Waals surface area contributed by atoms with Crippen molar-refractivity contribution >= 4 is 11.8 Å². The zero-order chi connectivity index (χ0) is 8.97. The third-order valence-corrected chi connectivity index (χ3v) is 2.27. The van der Waals surface area contributed by atoms with Crippen molar-refractivity contribution in [3.8, 4) is 0 Å². The lowest BCUT2D eigenvalue weighted by molar-refractivity contribution is -0.142. The summed E-state index contributed by atoms with van der Waals surface area (Å²) in [6.07, 6.45) is 3.58. The monoisotopic (exact) mass is 170 g/mol. The van der Waals surface area contributed by atoms with Gasteiger partial charge in [0.1, 0.15) is 5.78 Å².